The predicted molar refractivity (Wildman–Crippen MR) is 56.5 cm³/mol. The molecule has 0 aliphatic heterocycles. The van der Waals surface area contributed by atoms with Gasteiger partial charge in [0.25, 0.3) is 0 Å². The molecule has 3 heteroatoms. The van der Waals surface area contributed by atoms with Gasteiger partial charge >= 0.3 is 0 Å². The van der Waals surface area contributed by atoms with E-state index in [-0.39, 0.29) is 0 Å². The Kier molecular flexibility index (Phi) is 4.01. The van der Waals surface area contributed by atoms with Gasteiger partial charge in [-0.3, -0.25) is 0 Å². The Balaban J connectivity index is 0.000000461. The summed E-state index contributed by atoms with van der Waals surface area (Å²) in [5, 5.41) is 0. The van der Waals surface area contributed by atoms with Gasteiger partial charge in [-0.1, -0.05) is 30.3 Å². The van der Waals surface area contributed by atoms with Crippen LogP contribution >= 0.6 is 0 Å². The van der Waals surface area contributed by atoms with Gasteiger partial charge in [0.1, 0.15) is 12.7 Å². The van der Waals surface area contributed by atoms with E-state index in [1.165, 1.54) is 12.7 Å². The standard InChI is InChI=1S/C9H7N3.C2H4/c1-2-4-8(5-3-1)9-11-6-10-7-12-9;1-2/h1-7H;1-2H2. The van der Waals surface area contributed by atoms with Crippen LogP contribution in [0.5, 0.6) is 0 Å². The summed E-state index contributed by atoms with van der Waals surface area (Å²) in [6, 6.07) is 9.81. The first-order valence-corrected chi connectivity index (χ1v) is 4.14. The van der Waals surface area contributed by atoms with E-state index in [0.29, 0.717) is 5.82 Å². The fraction of sp³-hybridized carbons (Fsp3) is 0. The van der Waals surface area contributed by atoms with E-state index >= 15 is 0 Å². The lowest BCUT2D eigenvalue weighted by atomic mass is 10.2. The average molecular weight is 185 g/mol. The van der Waals surface area contributed by atoms with Crippen molar-refractivity contribution < 1.29 is 0 Å². The van der Waals surface area contributed by atoms with E-state index in [1.54, 1.807) is 0 Å². The lowest BCUT2D eigenvalue weighted by Gasteiger charge is -1.95. The van der Waals surface area contributed by atoms with Crippen molar-refractivity contribution in [2.24, 2.45) is 0 Å². The minimum Gasteiger partial charge on any atom is -0.225 e. The van der Waals surface area contributed by atoms with Crippen molar-refractivity contribution in [3.63, 3.8) is 0 Å². The molecular weight excluding hydrogens is 174 g/mol. The zero-order valence-corrected chi connectivity index (χ0v) is 7.80. The molecule has 0 saturated heterocycles. The van der Waals surface area contributed by atoms with Crippen molar-refractivity contribution in [3.8, 4) is 11.4 Å². The summed E-state index contributed by atoms with van der Waals surface area (Å²) in [7, 11) is 0. The highest BCUT2D eigenvalue weighted by Crippen LogP contribution is 2.10. The van der Waals surface area contributed by atoms with Gasteiger partial charge in [-0.05, 0) is 0 Å². The van der Waals surface area contributed by atoms with Gasteiger partial charge in [0.15, 0.2) is 5.82 Å². The van der Waals surface area contributed by atoms with Gasteiger partial charge in [-0.15, -0.1) is 13.2 Å². The third-order valence-corrected chi connectivity index (χ3v) is 1.53. The fourth-order valence-electron chi connectivity index (χ4n) is 0.975. The number of nitrogens with zero attached hydrogens (tertiary/aromatic N) is 3. The summed E-state index contributed by atoms with van der Waals surface area (Å²) in [6.45, 7) is 6.00. The van der Waals surface area contributed by atoms with Crippen LogP contribution in [0.25, 0.3) is 11.4 Å². The summed E-state index contributed by atoms with van der Waals surface area (Å²) in [4.78, 5) is 11.8. The highest BCUT2D eigenvalue weighted by molar-refractivity contribution is 5.53. The molecule has 0 unspecified atom stereocenters. The summed E-state index contributed by atoms with van der Waals surface area (Å²) >= 11 is 0. The summed E-state index contributed by atoms with van der Waals surface area (Å²) in [5.41, 5.74) is 1.01. The van der Waals surface area contributed by atoms with Gasteiger partial charge in [-0.25, -0.2) is 15.0 Å². The van der Waals surface area contributed by atoms with Gasteiger partial charge in [0.2, 0.25) is 0 Å². The van der Waals surface area contributed by atoms with Crippen LogP contribution in [0.2, 0.25) is 0 Å². The van der Waals surface area contributed by atoms with Crippen LogP contribution in [-0.4, -0.2) is 15.0 Å². The number of benzene rings is 1. The molecular formula is C11H11N3. The minimum atomic E-state index is 0.714. The second kappa shape index (κ2) is 5.59. The first kappa shape index (κ1) is 10.1. The van der Waals surface area contributed by atoms with Crippen LogP contribution < -0.4 is 0 Å². The molecule has 0 aliphatic carbocycles. The van der Waals surface area contributed by atoms with Crippen molar-refractivity contribution in [2.45, 2.75) is 0 Å². The van der Waals surface area contributed by atoms with Crippen molar-refractivity contribution in [1.29, 1.82) is 0 Å². The largest absolute Gasteiger partial charge is 0.225 e. The highest BCUT2D eigenvalue weighted by atomic mass is 15.0. The van der Waals surface area contributed by atoms with Gasteiger partial charge in [0.05, 0.1) is 0 Å². The maximum atomic E-state index is 4.03. The van der Waals surface area contributed by atoms with E-state index in [9.17, 15) is 0 Å². The van der Waals surface area contributed by atoms with Gasteiger partial charge < -0.3 is 0 Å². The maximum absolute atomic E-state index is 4.03. The smallest absolute Gasteiger partial charge is 0.162 e. The summed E-state index contributed by atoms with van der Waals surface area (Å²) in [6.07, 6.45) is 2.99. The van der Waals surface area contributed by atoms with E-state index in [1.807, 2.05) is 30.3 Å². The molecule has 14 heavy (non-hydrogen) atoms. The zero-order valence-electron chi connectivity index (χ0n) is 7.80. The molecule has 0 N–H and O–H groups in total. The van der Waals surface area contributed by atoms with Crippen LogP contribution in [0, 0.1) is 0 Å². The molecule has 1 aromatic carbocycles. The second-order valence-corrected chi connectivity index (χ2v) is 2.33. The Bertz CT molecular complexity index is 321. The third-order valence-electron chi connectivity index (χ3n) is 1.53. The van der Waals surface area contributed by atoms with Crippen LogP contribution in [0.1, 0.15) is 0 Å². The van der Waals surface area contributed by atoms with Crippen LogP contribution in [0.15, 0.2) is 56.1 Å². The topological polar surface area (TPSA) is 38.7 Å². The van der Waals surface area contributed by atoms with Crippen LogP contribution in [0.4, 0.5) is 0 Å². The molecule has 3 nitrogen and oxygen atoms in total. The Labute approximate surface area is 83.2 Å². The third kappa shape index (κ3) is 2.48. The first-order valence-electron chi connectivity index (χ1n) is 4.14. The maximum Gasteiger partial charge on any atom is 0.162 e. The molecule has 0 amide bonds. The monoisotopic (exact) mass is 185 g/mol. The predicted octanol–water partition coefficient (Wildman–Crippen LogP) is 2.34. The van der Waals surface area contributed by atoms with Crippen molar-refractivity contribution >= 4 is 0 Å². The Morgan fingerprint density at radius 2 is 1.43 bits per heavy atom. The Morgan fingerprint density at radius 1 is 0.857 bits per heavy atom. The van der Waals surface area contributed by atoms with E-state index in [2.05, 4.69) is 28.1 Å². The normalized spacial score (nSPS) is 8.57. The Hall–Kier alpha value is -2.03. The number of rotatable bonds is 1. The second-order valence-electron chi connectivity index (χ2n) is 2.33. The molecule has 0 spiro atoms. The molecule has 0 aliphatic rings. The highest BCUT2D eigenvalue weighted by Gasteiger charge is 1.95. The molecule has 0 bridgehead atoms. The Morgan fingerprint density at radius 3 is 2.00 bits per heavy atom. The quantitative estimate of drug-likeness (QED) is 0.640. The van der Waals surface area contributed by atoms with Gasteiger partial charge in [-0.2, -0.15) is 0 Å². The number of hydrogen-bond donors (Lipinski definition) is 0. The average Bonchev–Trinajstić information content (AvgIpc) is 2.34. The van der Waals surface area contributed by atoms with E-state index in [4.69, 9.17) is 0 Å². The molecule has 0 fully saturated rings. The van der Waals surface area contributed by atoms with Crippen molar-refractivity contribution in [2.75, 3.05) is 0 Å². The molecule has 0 saturated carbocycles. The molecule has 1 aromatic heterocycles. The first-order chi connectivity index (χ1) is 6.97. The van der Waals surface area contributed by atoms with Crippen LogP contribution in [0.3, 0.4) is 0 Å². The fourth-order valence-corrected chi connectivity index (χ4v) is 0.975. The van der Waals surface area contributed by atoms with Gasteiger partial charge in [0, 0.05) is 5.56 Å². The SMILES string of the molecule is C=C.c1ccc(-c2ncncn2)cc1. The molecule has 70 valence electrons. The van der Waals surface area contributed by atoms with Crippen molar-refractivity contribution in [3.05, 3.63) is 56.1 Å². The lowest BCUT2D eigenvalue weighted by Crippen LogP contribution is -1.87. The van der Waals surface area contributed by atoms with E-state index < -0.39 is 0 Å². The molecule has 0 radical (unpaired) electrons. The summed E-state index contributed by atoms with van der Waals surface area (Å²) < 4.78 is 0. The summed E-state index contributed by atoms with van der Waals surface area (Å²) in [5.74, 6) is 0.714. The minimum absolute atomic E-state index is 0.714. The molecule has 2 aromatic rings. The molecule has 1 heterocycles. The molecule has 2 rings (SSSR count). The van der Waals surface area contributed by atoms with E-state index in [0.717, 1.165) is 5.56 Å². The number of aromatic nitrogens is 3. The van der Waals surface area contributed by atoms with Crippen LogP contribution in [-0.2, 0) is 0 Å². The number of hydrogen-bond acceptors (Lipinski definition) is 3. The lowest BCUT2D eigenvalue weighted by molar-refractivity contribution is 1.06. The molecule has 0 atom stereocenters. The van der Waals surface area contributed by atoms with Crippen molar-refractivity contribution in [1.82, 2.24) is 15.0 Å². The zero-order chi connectivity index (χ0) is 10.2.